The number of carbonyl (C=O) groups is 1. The Kier molecular flexibility index (Phi) is 5.34. The van der Waals surface area contributed by atoms with Crippen LogP contribution in [0.15, 0.2) is 29.2 Å². The van der Waals surface area contributed by atoms with Gasteiger partial charge >= 0.3 is 0 Å². The zero-order valence-corrected chi connectivity index (χ0v) is 12.2. The molecule has 1 rings (SSSR count). The van der Waals surface area contributed by atoms with Crippen molar-refractivity contribution in [3.05, 3.63) is 27.8 Å². The molecule has 0 aliphatic carbocycles. The molecule has 1 aromatic carbocycles. The van der Waals surface area contributed by atoms with Crippen molar-refractivity contribution in [1.82, 2.24) is 10.0 Å². The van der Waals surface area contributed by atoms with Crippen LogP contribution in [0.2, 0.25) is 0 Å². The van der Waals surface area contributed by atoms with Crippen LogP contribution >= 0.6 is 22.6 Å². The van der Waals surface area contributed by atoms with Gasteiger partial charge in [0.25, 0.3) is 0 Å². The van der Waals surface area contributed by atoms with Gasteiger partial charge in [0.15, 0.2) is 0 Å². The first-order valence-electron chi connectivity index (χ1n) is 4.97. The molecular weight excluding hydrogens is 355 g/mol. The van der Waals surface area contributed by atoms with Gasteiger partial charge in [-0.25, -0.2) is 13.1 Å². The molecule has 0 atom stereocenters. The number of likely N-dealkylation sites (N-methyl/N-ethyl adjacent to an activating group) is 1. The average Bonchev–Trinajstić information content (AvgIpc) is 2.28. The summed E-state index contributed by atoms with van der Waals surface area (Å²) in [4.78, 5) is 11.3. The van der Waals surface area contributed by atoms with Crippen LogP contribution in [0.5, 0.6) is 0 Å². The Hall–Kier alpha value is -0.670. The van der Waals surface area contributed by atoms with Crippen molar-refractivity contribution < 1.29 is 13.2 Å². The van der Waals surface area contributed by atoms with Crippen LogP contribution in [0.1, 0.15) is 6.92 Å². The molecule has 0 spiro atoms. The summed E-state index contributed by atoms with van der Waals surface area (Å²) in [6.45, 7) is 2.00. The first-order chi connectivity index (χ1) is 7.95. The smallest absolute Gasteiger partial charge is 0.241 e. The normalized spacial score (nSPS) is 11.2. The summed E-state index contributed by atoms with van der Waals surface area (Å²) in [7, 11) is -3.60. The third-order valence-corrected chi connectivity index (χ3v) is 4.06. The van der Waals surface area contributed by atoms with Crippen molar-refractivity contribution >= 4 is 38.5 Å². The molecule has 0 aliphatic rings. The van der Waals surface area contributed by atoms with Crippen molar-refractivity contribution in [2.45, 2.75) is 11.8 Å². The lowest BCUT2D eigenvalue weighted by Crippen LogP contribution is -2.36. The van der Waals surface area contributed by atoms with E-state index in [2.05, 4.69) is 32.6 Å². The molecule has 0 aromatic heterocycles. The van der Waals surface area contributed by atoms with Crippen molar-refractivity contribution in [3.63, 3.8) is 0 Å². The summed E-state index contributed by atoms with van der Waals surface area (Å²) in [5, 5.41) is 2.51. The minimum atomic E-state index is -3.60. The summed E-state index contributed by atoms with van der Waals surface area (Å²) in [6.07, 6.45) is 0. The number of halogens is 1. The molecule has 7 heteroatoms. The lowest BCUT2D eigenvalue weighted by molar-refractivity contribution is -0.119. The van der Waals surface area contributed by atoms with E-state index in [9.17, 15) is 13.2 Å². The third kappa shape index (κ3) is 4.60. The van der Waals surface area contributed by atoms with Gasteiger partial charge in [-0.05, 0) is 53.8 Å². The zero-order valence-electron chi connectivity index (χ0n) is 9.23. The fourth-order valence-electron chi connectivity index (χ4n) is 1.12. The molecule has 1 amide bonds. The predicted molar refractivity (Wildman–Crippen MR) is 73.0 cm³/mol. The molecule has 1 aromatic rings. The molecule has 17 heavy (non-hydrogen) atoms. The molecule has 94 valence electrons. The van der Waals surface area contributed by atoms with Gasteiger partial charge in [-0.2, -0.15) is 0 Å². The molecule has 0 unspecified atom stereocenters. The van der Waals surface area contributed by atoms with E-state index in [4.69, 9.17) is 0 Å². The van der Waals surface area contributed by atoms with E-state index < -0.39 is 10.0 Å². The maximum Gasteiger partial charge on any atom is 0.241 e. The van der Waals surface area contributed by atoms with Crippen molar-refractivity contribution in [2.75, 3.05) is 13.1 Å². The van der Waals surface area contributed by atoms with Crippen molar-refractivity contribution in [1.29, 1.82) is 0 Å². The molecule has 2 N–H and O–H groups in total. The van der Waals surface area contributed by atoms with E-state index in [1.165, 1.54) is 12.1 Å². The first kappa shape index (κ1) is 14.4. The van der Waals surface area contributed by atoms with E-state index in [-0.39, 0.29) is 17.3 Å². The minimum absolute atomic E-state index is 0.155. The second-order valence-electron chi connectivity index (χ2n) is 3.23. The number of rotatable bonds is 5. The maximum absolute atomic E-state index is 11.8. The highest BCUT2D eigenvalue weighted by atomic mass is 127. The predicted octanol–water partition coefficient (Wildman–Crippen LogP) is 0.706. The number of benzene rings is 1. The summed E-state index contributed by atoms with van der Waals surface area (Å²) >= 11 is 2.09. The van der Waals surface area contributed by atoms with Crippen LogP contribution in [0, 0.1) is 3.57 Å². The molecule has 0 fully saturated rings. The topological polar surface area (TPSA) is 75.3 Å². The number of hydrogen-bond donors (Lipinski definition) is 2. The maximum atomic E-state index is 11.8. The van der Waals surface area contributed by atoms with Gasteiger partial charge in [0.05, 0.1) is 11.4 Å². The second-order valence-corrected chi connectivity index (χ2v) is 6.24. The summed E-state index contributed by atoms with van der Waals surface area (Å²) in [5.74, 6) is -0.346. The van der Waals surface area contributed by atoms with Gasteiger partial charge in [0.2, 0.25) is 15.9 Å². The van der Waals surface area contributed by atoms with Crippen LogP contribution in [-0.2, 0) is 14.8 Å². The SMILES string of the molecule is CCNC(=O)CNS(=O)(=O)c1ccc(I)cc1. The zero-order chi connectivity index (χ0) is 12.9. The van der Waals surface area contributed by atoms with Crippen LogP contribution < -0.4 is 10.0 Å². The van der Waals surface area contributed by atoms with Crippen molar-refractivity contribution in [3.8, 4) is 0 Å². The van der Waals surface area contributed by atoms with Gasteiger partial charge in [-0.15, -0.1) is 0 Å². The molecule has 0 aliphatic heterocycles. The Balaban J connectivity index is 2.69. The molecule has 5 nitrogen and oxygen atoms in total. The number of nitrogens with one attached hydrogen (secondary N) is 2. The molecule has 0 heterocycles. The molecule has 0 saturated carbocycles. The van der Waals surface area contributed by atoms with Gasteiger partial charge < -0.3 is 5.32 Å². The largest absolute Gasteiger partial charge is 0.355 e. The molecule has 0 saturated heterocycles. The summed E-state index contributed by atoms with van der Waals surface area (Å²) < 4.78 is 26.7. The van der Waals surface area contributed by atoms with Crippen LogP contribution in [0.25, 0.3) is 0 Å². The number of sulfonamides is 1. The van der Waals surface area contributed by atoms with Crippen LogP contribution in [0.3, 0.4) is 0 Å². The number of carbonyl (C=O) groups excluding carboxylic acids is 1. The second kappa shape index (κ2) is 6.31. The van der Waals surface area contributed by atoms with E-state index in [0.29, 0.717) is 6.54 Å². The highest BCUT2D eigenvalue weighted by Gasteiger charge is 2.14. The van der Waals surface area contributed by atoms with Gasteiger partial charge in [0, 0.05) is 10.1 Å². The standard InChI is InChI=1S/C10H13IN2O3S/c1-2-12-10(14)7-13-17(15,16)9-5-3-8(11)4-6-9/h3-6,13H,2,7H2,1H3,(H,12,14). The highest BCUT2D eigenvalue weighted by molar-refractivity contribution is 14.1. The summed E-state index contributed by atoms with van der Waals surface area (Å²) in [5.41, 5.74) is 0. The highest BCUT2D eigenvalue weighted by Crippen LogP contribution is 2.11. The summed E-state index contributed by atoms with van der Waals surface area (Å²) in [6, 6.07) is 6.39. The number of amides is 1. The first-order valence-corrected chi connectivity index (χ1v) is 7.54. The van der Waals surface area contributed by atoms with E-state index in [0.717, 1.165) is 3.57 Å². The minimum Gasteiger partial charge on any atom is -0.355 e. The van der Waals surface area contributed by atoms with E-state index >= 15 is 0 Å². The Bertz CT molecular complexity index is 485. The van der Waals surface area contributed by atoms with E-state index in [1.54, 1.807) is 19.1 Å². The van der Waals surface area contributed by atoms with Gasteiger partial charge in [-0.1, -0.05) is 0 Å². The fourth-order valence-corrected chi connectivity index (χ4v) is 2.46. The Morgan fingerprint density at radius 1 is 1.29 bits per heavy atom. The molecule has 0 bridgehead atoms. The van der Waals surface area contributed by atoms with E-state index in [1.807, 2.05) is 0 Å². The monoisotopic (exact) mass is 368 g/mol. The van der Waals surface area contributed by atoms with Gasteiger partial charge in [0.1, 0.15) is 0 Å². The van der Waals surface area contributed by atoms with Crippen LogP contribution in [0.4, 0.5) is 0 Å². The van der Waals surface area contributed by atoms with Crippen LogP contribution in [-0.4, -0.2) is 27.4 Å². The quantitative estimate of drug-likeness (QED) is 0.752. The molecular formula is C10H13IN2O3S. The molecule has 0 radical (unpaired) electrons. The average molecular weight is 368 g/mol. The van der Waals surface area contributed by atoms with Crippen molar-refractivity contribution in [2.24, 2.45) is 0 Å². The lowest BCUT2D eigenvalue weighted by atomic mass is 10.4. The Labute approximate surface area is 114 Å². The number of hydrogen-bond acceptors (Lipinski definition) is 3. The lowest BCUT2D eigenvalue weighted by Gasteiger charge is -2.06. The van der Waals surface area contributed by atoms with Gasteiger partial charge in [-0.3, -0.25) is 4.79 Å². The Morgan fingerprint density at radius 3 is 2.41 bits per heavy atom. The third-order valence-electron chi connectivity index (χ3n) is 1.92. The fraction of sp³-hybridized carbons (Fsp3) is 0.300. The Morgan fingerprint density at radius 2 is 1.88 bits per heavy atom.